The van der Waals surface area contributed by atoms with Crippen molar-refractivity contribution in [2.24, 2.45) is 0 Å². The summed E-state index contributed by atoms with van der Waals surface area (Å²) in [6.45, 7) is -0.216. The van der Waals surface area contributed by atoms with Crippen LogP contribution in [0.2, 0.25) is 0 Å². The Bertz CT molecular complexity index is 1240. The number of aromatic hydroxyl groups is 2. The highest BCUT2D eigenvalue weighted by molar-refractivity contribution is 7.89. The van der Waals surface area contributed by atoms with Crippen LogP contribution in [0.25, 0.3) is 6.08 Å². The molecular weight excluding hydrogens is 416 g/mol. The second-order valence-corrected chi connectivity index (χ2v) is 9.11. The molecule has 0 bridgehead atoms. The predicted octanol–water partition coefficient (Wildman–Crippen LogP) is 2.93. The second-order valence-electron chi connectivity index (χ2n) is 7.20. The third kappa shape index (κ3) is 4.21. The normalized spacial score (nSPS) is 18.9. The maximum Gasteiger partial charge on any atom is 0.247 e. The van der Waals surface area contributed by atoms with E-state index in [1.807, 2.05) is 6.07 Å². The highest BCUT2D eigenvalue weighted by Gasteiger charge is 2.39. The van der Waals surface area contributed by atoms with Gasteiger partial charge in [-0.15, -0.1) is 0 Å². The molecule has 1 unspecified atom stereocenters. The quantitative estimate of drug-likeness (QED) is 0.609. The number of sulfonamides is 1. The average Bonchev–Trinajstić information content (AvgIpc) is 2.76. The predicted molar refractivity (Wildman–Crippen MR) is 115 cm³/mol. The molecule has 0 saturated carbocycles. The number of phenolic OH excluding ortho intramolecular Hbond substituents is 2. The lowest BCUT2D eigenvalue weighted by molar-refractivity contribution is -0.118. The first-order valence-electron chi connectivity index (χ1n) is 9.59. The number of ketones is 1. The van der Waals surface area contributed by atoms with Gasteiger partial charge in [0.1, 0.15) is 16.4 Å². The van der Waals surface area contributed by atoms with Crippen LogP contribution in [-0.2, 0) is 14.8 Å². The summed E-state index contributed by atoms with van der Waals surface area (Å²) in [4.78, 5) is 17.1. The summed E-state index contributed by atoms with van der Waals surface area (Å²) in [6.07, 6.45) is 3.19. The highest BCUT2D eigenvalue weighted by atomic mass is 32.2. The van der Waals surface area contributed by atoms with E-state index >= 15 is 0 Å². The smallest absolute Gasteiger partial charge is 0.247 e. The monoisotopic (exact) mass is 436 g/mol. The van der Waals surface area contributed by atoms with Gasteiger partial charge in [-0.05, 0) is 35.9 Å². The number of Topliss-reactive ketones (excluding diaryl/α,β-unsaturated/α-hetero) is 1. The Morgan fingerprint density at radius 3 is 2.42 bits per heavy atom. The van der Waals surface area contributed by atoms with Gasteiger partial charge in [0, 0.05) is 30.9 Å². The summed E-state index contributed by atoms with van der Waals surface area (Å²) in [5.74, 6) is -1.66. The molecule has 3 aromatic rings. The fourth-order valence-corrected chi connectivity index (χ4v) is 5.08. The SMILES string of the molecule is O=C1/C(=C\c2ccccn2)CN(S(=O)(=O)c2ccc(O)cc2O)CC1c1ccccc1. The van der Waals surface area contributed by atoms with Crippen molar-refractivity contribution in [3.63, 3.8) is 0 Å². The van der Waals surface area contributed by atoms with Crippen molar-refractivity contribution in [3.8, 4) is 11.5 Å². The number of rotatable bonds is 4. The highest BCUT2D eigenvalue weighted by Crippen LogP contribution is 2.34. The minimum atomic E-state index is -4.14. The Kier molecular flexibility index (Phi) is 5.58. The van der Waals surface area contributed by atoms with Gasteiger partial charge in [0.15, 0.2) is 5.78 Å². The van der Waals surface area contributed by atoms with Gasteiger partial charge in [0.25, 0.3) is 0 Å². The van der Waals surface area contributed by atoms with E-state index in [9.17, 15) is 23.4 Å². The second kappa shape index (κ2) is 8.33. The van der Waals surface area contributed by atoms with E-state index in [4.69, 9.17) is 0 Å². The third-order valence-electron chi connectivity index (χ3n) is 5.14. The molecule has 4 rings (SSSR count). The fraction of sp³-hybridized carbons (Fsp3) is 0.130. The maximum absolute atomic E-state index is 13.3. The number of carbonyl (C=O) groups excluding carboxylic acids is 1. The minimum absolute atomic E-state index is 0.0644. The zero-order valence-corrected chi connectivity index (χ0v) is 17.2. The maximum atomic E-state index is 13.3. The molecule has 1 aliphatic rings. The van der Waals surface area contributed by atoms with E-state index in [1.54, 1.807) is 54.7 Å². The van der Waals surface area contributed by atoms with Gasteiger partial charge in [-0.3, -0.25) is 9.78 Å². The summed E-state index contributed by atoms with van der Waals surface area (Å²) >= 11 is 0. The first-order chi connectivity index (χ1) is 14.9. The molecule has 1 aliphatic heterocycles. The van der Waals surface area contributed by atoms with Crippen LogP contribution in [-0.4, -0.2) is 46.8 Å². The lowest BCUT2D eigenvalue weighted by Crippen LogP contribution is -2.44. The number of aromatic nitrogens is 1. The summed E-state index contributed by atoms with van der Waals surface area (Å²) in [5, 5.41) is 19.7. The van der Waals surface area contributed by atoms with Crippen molar-refractivity contribution in [1.82, 2.24) is 9.29 Å². The molecule has 2 heterocycles. The van der Waals surface area contributed by atoms with Crippen LogP contribution in [0.4, 0.5) is 0 Å². The zero-order chi connectivity index (χ0) is 22.0. The average molecular weight is 436 g/mol. The van der Waals surface area contributed by atoms with Gasteiger partial charge in [0.05, 0.1) is 11.6 Å². The number of pyridine rings is 1. The van der Waals surface area contributed by atoms with Gasteiger partial charge in [-0.2, -0.15) is 4.31 Å². The summed E-state index contributed by atoms with van der Waals surface area (Å²) in [7, 11) is -4.14. The molecule has 31 heavy (non-hydrogen) atoms. The Morgan fingerprint density at radius 2 is 1.74 bits per heavy atom. The van der Waals surface area contributed by atoms with Crippen molar-refractivity contribution < 1.29 is 23.4 Å². The lowest BCUT2D eigenvalue weighted by Gasteiger charge is -2.33. The van der Waals surface area contributed by atoms with Gasteiger partial charge < -0.3 is 10.2 Å². The summed E-state index contributed by atoms with van der Waals surface area (Å²) in [6, 6.07) is 17.6. The first-order valence-corrected chi connectivity index (χ1v) is 11.0. The number of phenols is 2. The molecule has 1 aromatic heterocycles. The number of benzene rings is 2. The van der Waals surface area contributed by atoms with E-state index < -0.39 is 21.7 Å². The van der Waals surface area contributed by atoms with E-state index in [2.05, 4.69) is 4.98 Å². The Morgan fingerprint density at radius 1 is 1.00 bits per heavy atom. The van der Waals surface area contributed by atoms with Crippen LogP contribution in [0.15, 0.2) is 83.4 Å². The van der Waals surface area contributed by atoms with Gasteiger partial charge in [-0.1, -0.05) is 36.4 Å². The topological polar surface area (TPSA) is 108 Å². The molecule has 1 saturated heterocycles. The molecule has 8 heteroatoms. The number of hydrogen-bond acceptors (Lipinski definition) is 6. The van der Waals surface area contributed by atoms with Crippen molar-refractivity contribution >= 4 is 21.9 Å². The molecule has 0 aliphatic carbocycles. The Hall–Kier alpha value is -3.49. The Labute approximate surface area is 180 Å². The number of nitrogens with zero attached hydrogens (tertiary/aromatic N) is 2. The summed E-state index contributed by atoms with van der Waals surface area (Å²) < 4.78 is 27.8. The van der Waals surface area contributed by atoms with Crippen molar-refractivity contribution in [2.45, 2.75) is 10.8 Å². The van der Waals surface area contributed by atoms with E-state index in [0.29, 0.717) is 16.8 Å². The van der Waals surface area contributed by atoms with Crippen LogP contribution < -0.4 is 0 Å². The molecule has 1 atom stereocenters. The largest absolute Gasteiger partial charge is 0.508 e. The van der Waals surface area contributed by atoms with E-state index in [-0.39, 0.29) is 29.5 Å². The number of hydrogen-bond donors (Lipinski definition) is 2. The van der Waals surface area contributed by atoms with Crippen LogP contribution in [0.3, 0.4) is 0 Å². The molecule has 158 valence electrons. The molecule has 0 radical (unpaired) electrons. The summed E-state index contributed by atoms with van der Waals surface area (Å²) in [5.41, 5.74) is 1.55. The first kappa shape index (κ1) is 20.8. The molecule has 2 aromatic carbocycles. The van der Waals surface area contributed by atoms with Crippen molar-refractivity contribution in [2.75, 3.05) is 13.1 Å². The molecule has 2 N–H and O–H groups in total. The Balaban J connectivity index is 1.79. The van der Waals surface area contributed by atoms with Crippen LogP contribution in [0, 0.1) is 0 Å². The van der Waals surface area contributed by atoms with Crippen molar-refractivity contribution in [3.05, 3.63) is 89.8 Å². The van der Waals surface area contributed by atoms with Gasteiger partial charge in [-0.25, -0.2) is 8.42 Å². The van der Waals surface area contributed by atoms with E-state index in [1.165, 1.54) is 10.4 Å². The van der Waals surface area contributed by atoms with Crippen LogP contribution in [0.1, 0.15) is 17.2 Å². The molecule has 0 spiro atoms. The number of piperidine rings is 1. The van der Waals surface area contributed by atoms with Gasteiger partial charge >= 0.3 is 0 Å². The number of carbonyl (C=O) groups is 1. The molecule has 0 amide bonds. The molecule has 7 nitrogen and oxygen atoms in total. The minimum Gasteiger partial charge on any atom is -0.508 e. The zero-order valence-electron chi connectivity index (χ0n) is 16.4. The van der Waals surface area contributed by atoms with Crippen molar-refractivity contribution in [1.29, 1.82) is 0 Å². The van der Waals surface area contributed by atoms with E-state index in [0.717, 1.165) is 12.1 Å². The third-order valence-corrected chi connectivity index (χ3v) is 7.00. The van der Waals surface area contributed by atoms with Gasteiger partial charge in [0.2, 0.25) is 10.0 Å². The van der Waals surface area contributed by atoms with Crippen LogP contribution in [0.5, 0.6) is 11.5 Å². The van der Waals surface area contributed by atoms with Crippen LogP contribution >= 0.6 is 0 Å². The standard InChI is InChI=1S/C23H20N2O5S/c26-19-9-10-22(21(27)13-19)31(29,30)25-14-17(12-18-8-4-5-11-24-18)23(28)20(15-25)16-6-2-1-3-7-16/h1-13,20,26-27H,14-15H2/b17-12-. The molecule has 1 fully saturated rings. The molecular formula is C23H20N2O5S. The fourth-order valence-electron chi connectivity index (χ4n) is 3.59. The lowest BCUT2D eigenvalue weighted by atomic mass is 9.87.